The van der Waals surface area contributed by atoms with E-state index < -0.39 is 5.91 Å². The highest BCUT2D eigenvalue weighted by atomic mass is 16.5. The van der Waals surface area contributed by atoms with Gasteiger partial charge in [-0.3, -0.25) is 14.6 Å². The van der Waals surface area contributed by atoms with Crippen molar-refractivity contribution >= 4 is 23.3 Å². The molecule has 1 amide bonds. The zero-order valence-electron chi connectivity index (χ0n) is 11.8. The third kappa shape index (κ3) is 5.06. The van der Waals surface area contributed by atoms with Crippen molar-refractivity contribution in [3.05, 3.63) is 42.1 Å². The lowest BCUT2D eigenvalue weighted by Gasteiger charge is -2.14. The minimum absolute atomic E-state index is 0.318. The second-order valence-corrected chi connectivity index (χ2v) is 5.11. The third-order valence-electron chi connectivity index (χ3n) is 2.28. The van der Waals surface area contributed by atoms with Gasteiger partial charge in [0.05, 0.1) is 11.1 Å². The van der Waals surface area contributed by atoms with Gasteiger partial charge in [0.1, 0.15) is 5.60 Å². The largest absolute Gasteiger partial charge is 0.462 e. The third-order valence-corrected chi connectivity index (χ3v) is 2.28. The van der Waals surface area contributed by atoms with Gasteiger partial charge < -0.3 is 10.5 Å². The molecule has 2 rings (SSSR count). The molecule has 2 N–H and O–H groups in total. The number of aromatic nitrogens is 1. The number of nitrogens with two attached hydrogens (primary N) is 1. The van der Waals surface area contributed by atoms with Crippen LogP contribution in [0.25, 0.3) is 10.9 Å². The first-order valence-electron chi connectivity index (χ1n) is 6.09. The number of para-hydroxylation sites is 1. The second-order valence-electron chi connectivity index (χ2n) is 5.11. The Labute approximate surface area is 117 Å². The molecule has 1 aromatic heterocycles. The summed E-state index contributed by atoms with van der Waals surface area (Å²) in [6.07, 6.45) is 1.49. The number of pyridine rings is 1. The molecule has 106 valence electrons. The molecular weight excluding hydrogens is 256 g/mol. The summed E-state index contributed by atoms with van der Waals surface area (Å²) in [6.45, 7) is 5.92. The van der Waals surface area contributed by atoms with Crippen LogP contribution >= 0.6 is 0 Å². The molecule has 0 aliphatic carbocycles. The number of carbonyl (C=O) groups is 2. The smallest absolute Gasteiger partial charge is 0.293 e. The van der Waals surface area contributed by atoms with Gasteiger partial charge >= 0.3 is 0 Å². The molecule has 2 aromatic rings. The maximum atomic E-state index is 10.8. The Morgan fingerprint density at radius 3 is 2.45 bits per heavy atom. The number of hydrogen-bond acceptors (Lipinski definition) is 4. The number of amides is 1. The summed E-state index contributed by atoms with van der Waals surface area (Å²) >= 11 is 0. The summed E-state index contributed by atoms with van der Waals surface area (Å²) in [6, 6.07) is 9.33. The topological polar surface area (TPSA) is 82.3 Å². The van der Waals surface area contributed by atoms with Crippen molar-refractivity contribution in [2.75, 3.05) is 0 Å². The molecule has 1 heterocycles. The summed E-state index contributed by atoms with van der Waals surface area (Å²) in [5.41, 5.74) is 6.12. The fourth-order valence-corrected chi connectivity index (χ4v) is 1.35. The van der Waals surface area contributed by atoms with E-state index in [9.17, 15) is 9.59 Å². The molecule has 0 bridgehead atoms. The van der Waals surface area contributed by atoms with E-state index in [0.717, 1.165) is 10.9 Å². The first kappa shape index (κ1) is 15.6. The van der Waals surface area contributed by atoms with Gasteiger partial charge in [-0.25, -0.2) is 0 Å². The predicted octanol–water partition coefficient (Wildman–Crippen LogP) is 2.29. The highest BCUT2D eigenvalue weighted by Gasteiger charge is 2.07. The summed E-state index contributed by atoms with van der Waals surface area (Å²) in [5.74, 6) is -0.446. The Morgan fingerprint density at radius 2 is 1.95 bits per heavy atom. The van der Waals surface area contributed by atoms with E-state index in [4.69, 9.17) is 5.73 Å². The number of fused-ring (bicyclic) bond motifs is 1. The van der Waals surface area contributed by atoms with Crippen LogP contribution in [0.1, 0.15) is 31.1 Å². The quantitative estimate of drug-likeness (QED) is 0.852. The Hall–Kier alpha value is -2.43. The van der Waals surface area contributed by atoms with E-state index in [-0.39, 0.29) is 5.60 Å². The molecule has 20 heavy (non-hydrogen) atoms. The van der Waals surface area contributed by atoms with Crippen LogP contribution in [-0.4, -0.2) is 23.0 Å². The minimum Gasteiger partial charge on any atom is -0.462 e. The maximum absolute atomic E-state index is 10.8. The summed E-state index contributed by atoms with van der Waals surface area (Å²) < 4.78 is 4.55. The molecule has 5 heteroatoms. The molecule has 0 spiro atoms. The van der Waals surface area contributed by atoms with Crippen LogP contribution in [0.3, 0.4) is 0 Å². The van der Waals surface area contributed by atoms with Gasteiger partial charge in [0.25, 0.3) is 6.47 Å². The number of hydrogen-bond donors (Lipinski definition) is 1. The number of benzene rings is 1. The van der Waals surface area contributed by atoms with Gasteiger partial charge in [0, 0.05) is 11.6 Å². The van der Waals surface area contributed by atoms with Crippen molar-refractivity contribution in [2.24, 2.45) is 5.73 Å². The molecule has 0 radical (unpaired) electrons. The number of nitrogens with zero attached hydrogens (tertiary/aromatic N) is 1. The van der Waals surface area contributed by atoms with E-state index in [1.54, 1.807) is 6.07 Å². The van der Waals surface area contributed by atoms with Crippen LogP contribution in [0.5, 0.6) is 0 Å². The molecule has 1 aromatic carbocycles. The molecule has 0 aliphatic heterocycles. The predicted molar refractivity (Wildman–Crippen MR) is 77.2 cm³/mol. The standard InChI is InChI=1S/C10H8N2O.C5H10O2/c11-10(13)8-5-7-3-1-2-4-9(7)12-6-8;1-5(2,3)7-4-6/h1-6H,(H2,11,13);4H,1-3H3. The minimum atomic E-state index is -0.446. The van der Waals surface area contributed by atoms with E-state index in [0.29, 0.717) is 12.0 Å². The zero-order chi connectivity index (χ0) is 15.2. The van der Waals surface area contributed by atoms with Crippen LogP contribution in [0.4, 0.5) is 0 Å². The zero-order valence-corrected chi connectivity index (χ0v) is 11.8. The molecule has 5 nitrogen and oxygen atoms in total. The van der Waals surface area contributed by atoms with Crippen LogP contribution < -0.4 is 5.73 Å². The van der Waals surface area contributed by atoms with Gasteiger partial charge in [-0.2, -0.15) is 0 Å². The first-order chi connectivity index (χ1) is 9.33. The molecule has 0 fully saturated rings. The average molecular weight is 274 g/mol. The molecular formula is C15H18N2O3. The average Bonchev–Trinajstić information content (AvgIpc) is 2.37. The molecule has 0 aliphatic rings. The van der Waals surface area contributed by atoms with Crippen LogP contribution in [0, 0.1) is 0 Å². The highest BCUT2D eigenvalue weighted by molar-refractivity contribution is 5.96. The molecule has 0 atom stereocenters. The molecule has 0 unspecified atom stereocenters. The Morgan fingerprint density at radius 1 is 1.30 bits per heavy atom. The van der Waals surface area contributed by atoms with Gasteiger partial charge in [-0.1, -0.05) is 18.2 Å². The van der Waals surface area contributed by atoms with Gasteiger partial charge in [-0.05, 0) is 32.9 Å². The van der Waals surface area contributed by atoms with Crippen LogP contribution in [0.2, 0.25) is 0 Å². The van der Waals surface area contributed by atoms with E-state index >= 15 is 0 Å². The summed E-state index contributed by atoms with van der Waals surface area (Å²) in [5, 5.41) is 0.929. The van der Waals surface area contributed by atoms with E-state index in [1.165, 1.54) is 6.20 Å². The van der Waals surface area contributed by atoms with Crippen molar-refractivity contribution in [2.45, 2.75) is 26.4 Å². The summed E-state index contributed by atoms with van der Waals surface area (Å²) in [4.78, 5) is 24.5. The Balaban J connectivity index is 0.000000246. The van der Waals surface area contributed by atoms with Crippen LogP contribution in [-0.2, 0) is 9.53 Å². The van der Waals surface area contributed by atoms with Crippen molar-refractivity contribution in [3.8, 4) is 0 Å². The van der Waals surface area contributed by atoms with Gasteiger partial charge in [-0.15, -0.1) is 0 Å². The fourth-order valence-electron chi connectivity index (χ4n) is 1.35. The molecule has 0 saturated heterocycles. The number of primary amides is 1. The normalized spacial score (nSPS) is 10.3. The lowest BCUT2D eigenvalue weighted by molar-refractivity contribution is -0.138. The number of carbonyl (C=O) groups excluding carboxylic acids is 2. The first-order valence-corrected chi connectivity index (χ1v) is 6.09. The number of ether oxygens (including phenoxy) is 1. The van der Waals surface area contributed by atoms with Crippen molar-refractivity contribution in [3.63, 3.8) is 0 Å². The lowest BCUT2D eigenvalue weighted by Crippen LogP contribution is -2.17. The highest BCUT2D eigenvalue weighted by Crippen LogP contribution is 2.11. The lowest BCUT2D eigenvalue weighted by atomic mass is 10.1. The molecule has 0 saturated carbocycles. The van der Waals surface area contributed by atoms with Crippen molar-refractivity contribution in [1.29, 1.82) is 0 Å². The fraction of sp³-hybridized carbons (Fsp3) is 0.267. The van der Waals surface area contributed by atoms with Crippen molar-refractivity contribution < 1.29 is 14.3 Å². The number of rotatable bonds is 2. The van der Waals surface area contributed by atoms with Crippen LogP contribution in [0.15, 0.2) is 36.5 Å². The van der Waals surface area contributed by atoms with Gasteiger partial charge in [0.2, 0.25) is 5.91 Å². The Kier molecular flexibility index (Phi) is 5.20. The summed E-state index contributed by atoms with van der Waals surface area (Å²) in [7, 11) is 0. The Bertz CT molecular complexity index is 603. The van der Waals surface area contributed by atoms with E-state index in [2.05, 4.69) is 9.72 Å². The second kappa shape index (κ2) is 6.65. The van der Waals surface area contributed by atoms with Gasteiger partial charge in [0.15, 0.2) is 0 Å². The maximum Gasteiger partial charge on any atom is 0.293 e. The monoisotopic (exact) mass is 274 g/mol. The van der Waals surface area contributed by atoms with E-state index in [1.807, 2.05) is 45.0 Å². The van der Waals surface area contributed by atoms with Crippen molar-refractivity contribution in [1.82, 2.24) is 4.98 Å². The SMILES string of the molecule is CC(C)(C)OC=O.NC(=O)c1cnc2ccccc2c1.